The van der Waals surface area contributed by atoms with Gasteiger partial charge in [-0.2, -0.15) is 0 Å². The van der Waals surface area contributed by atoms with Gasteiger partial charge in [0.15, 0.2) is 0 Å². The molecule has 2 aromatic carbocycles. The zero-order valence-corrected chi connectivity index (χ0v) is 12.1. The summed E-state index contributed by atoms with van der Waals surface area (Å²) in [6.07, 6.45) is 8.42. The minimum absolute atomic E-state index is 0.00257. The molecule has 2 atom stereocenters. The first-order valence-corrected chi connectivity index (χ1v) is 7.44. The van der Waals surface area contributed by atoms with E-state index in [0.717, 1.165) is 17.1 Å². The number of fused-ring (bicyclic) bond motifs is 1. The van der Waals surface area contributed by atoms with E-state index in [1.807, 2.05) is 24.3 Å². The van der Waals surface area contributed by atoms with Gasteiger partial charge in [0.25, 0.3) is 0 Å². The first-order chi connectivity index (χ1) is 10.8. The molecule has 0 saturated carbocycles. The summed E-state index contributed by atoms with van der Waals surface area (Å²) in [5.74, 6) is 0. The lowest BCUT2D eigenvalue weighted by molar-refractivity contribution is 0.696. The number of allylic oxidation sites excluding steroid dienone is 2. The predicted molar refractivity (Wildman–Crippen MR) is 92.0 cm³/mol. The van der Waals surface area contributed by atoms with Crippen LogP contribution in [0, 0.1) is 0 Å². The Morgan fingerprint density at radius 3 is 2.45 bits per heavy atom. The molecule has 0 radical (unpaired) electrons. The van der Waals surface area contributed by atoms with Crippen LogP contribution in [0.25, 0.3) is 0 Å². The molecule has 2 N–H and O–H groups in total. The van der Waals surface area contributed by atoms with Crippen molar-refractivity contribution >= 4 is 17.1 Å². The van der Waals surface area contributed by atoms with Crippen molar-refractivity contribution in [3.05, 3.63) is 84.5 Å². The van der Waals surface area contributed by atoms with E-state index in [-0.39, 0.29) is 12.2 Å². The molecular formula is C19H17N3. The van der Waals surface area contributed by atoms with Crippen molar-refractivity contribution in [1.82, 2.24) is 0 Å². The maximum atomic E-state index is 5.83. The molecule has 1 heterocycles. The molecule has 22 heavy (non-hydrogen) atoms. The van der Waals surface area contributed by atoms with Crippen molar-refractivity contribution in [3.63, 3.8) is 0 Å². The fourth-order valence-electron chi connectivity index (χ4n) is 3.04. The van der Waals surface area contributed by atoms with Crippen LogP contribution in [0.3, 0.4) is 0 Å². The standard InChI is InChI=1S/C19H17N3/c20-15-10-12-16(13-11-15)22-18-9-5-4-8-17(18)21-19(22)14-6-2-1-3-7-14/h1-13,18-19H,20H2. The summed E-state index contributed by atoms with van der Waals surface area (Å²) < 4.78 is 0. The molecule has 2 aromatic rings. The summed E-state index contributed by atoms with van der Waals surface area (Å²) in [6.45, 7) is 0. The molecule has 0 amide bonds. The predicted octanol–water partition coefficient (Wildman–Crippen LogP) is 3.72. The number of hydrogen-bond acceptors (Lipinski definition) is 3. The van der Waals surface area contributed by atoms with Crippen LogP contribution in [0.15, 0.2) is 83.9 Å². The highest BCUT2D eigenvalue weighted by atomic mass is 15.3. The minimum atomic E-state index is -0.00257. The average molecular weight is 287 g/mol. The quantitative estimate of drug-likeness (QED) is 0.855. The van der Waals surface area contributed by atoms with Crippen molar-refractivity contribution in [2.45, 2.75) is 12.2 Å². The normalized spacial score (nSPS) is 22.5. The number of nitrogens with zero attached hydrogens (tertiary/aromatic N) is 2. The van der Waals surface area contributed by atoms with Crippen LogP contribution in [0.4, 0.5) is 11.4 Å². The van der Waals surface area contributed by atoms with E-state index in [1.165, 1.54) is 5.56 Å². The van der Waals surface area contributed by atoms with E-state index in [4.69, 9.17) is 10.7 Å². The van der Waals surface area contributed by atoms with Crippen LogP contribution in [0.1, 0.15) is 11.7 Å². The highest BCUT2D eigenvalue weighted by Crippen LogP contribution is 2.37. The first kappa shape index (κ1) is 12.9. The lowest BCUT2D eigenvalue weighted by Crippen LogP contribution is -2.35. The molecule has 108 valence electrons. The lowest BCUT2D eigenvalue weighted by atomic mass is 10.0. The number of rotatable bonds is 2. The van der Waals surface area contributed by atoms with Gasteiger partial charge in [0.05, 0.1) is 11.8 Å². The Morgan fingerprint density at radius 2 is 1.68 bits per heavy atom. The smallest absolute Gasteiger partial charge is 0.148 e. The van der Waals surface area contributed by atoms with Crippen molar-refractivity contribution in [2.75, 3.05) is 10.6 Å². The molecule has 2 unspecified atom stereocenters. The van der Waals surface area contributed by atoms with Gasteiger partial charge < -0.3 is 10.6 Å². The van der Waals surface area contributed by atoms with Gasteiger partial charge in [0.2, 0.25) is 0 Å². The molecule has 1 aliphatic carbocycles. The van der Waals surface area contributed by atoms with Crippen molar-refractivity contribution in [2.24, 2.45) is 4.99 Å². The van der Waals surface area contributed by atoms with Gasteiger partial charge in [-0.05, 0) is 35.9 Å². The second-order valence-corrected chi connectivity index (χ2v) is 5.53. The van der Waals surface area contributed by atoms with Crippen LogP contribution >= 0.6 is 0 Å². The molecule has 0 saturated heterocycles. The summed E-state index contributed by atoms with van der Waals surface area (Å²) in [5.41, 5.74) is 10.0. The SMILES string of the molecule is Nc1ccc(N2C3C=CC=CC3=NC2c2ccccc2)cc1. The third-order valence-corrected chi connectivity index (χ3v) is 4.10. The number of nitrogen functional groups attached to an aromatic ring is 1. The summed E-state index contributed by atoms with van der Waals surface area (Å²) in [5, 5.41) is 0. The summed E-state index contributed by atoms with van der Waals surface area (Å²) >= 11 is 0. The molecule has 0 spiro atoms. The van der Waals surface area contributed by atoms with Crippen molar-refractivity contribution in [1.29, 1.82) is 0 Å². The van der Waals surface area contributed by atoms with Crippen LogP contribution in [-0.2, 0) is 0 Å². The molecule has 3 nitrogen and oxygen atoms in total. The molecule has 0 aromatic heterocycles. The second-order valence-electron chi connectivity index (χ2n) is 5.53. The van der Waals surface area contributed by atoms with Gasteiger partial charge in [-0.3, -0.25) is 4.99 Å². The van der Waals surface area contributed by atoms with Crippen LogP contribution in [0.2, 0.25) is 0 Å². The minimum Gasteiger partial charge on any atom is -0.399 e. The fourth-order valence-corrected chi connectivity index (χ4v) is 3.04. The molecular weight excluding hydrogens is 270 g/mol. The van der Waals surface area contributed by atoms with Gasteiger partial charge in [0, 0.05) is 11.4 Å². The van der Waals surface area contributed by atoms with Gasteiger partial charge in [-0.15, -0.1) is 0 Å². The average Bonchev–Trinajstić information content (AvgIpc) is 2.96. The second kappa shape index (κ2) is 5.19. The van der Waals surface area contributed by atoms with Gasteiger partial charge in [-0.25, -0.2) is 0 Å². The maximum Gasteiger partial charge on any atom is 0.148 e. The molecule has 2 aliphatic rings. The van der Waals surface area contributed by atoms with E-state index in [1.54, 1.807) is 0 Å². The number of aliphatic imine (C=N–C) groups is 1. The Kier molecular flexibility index (Phi) is 3.04. The van der Waals surface area contributed by atoms with E-state index < -0.39 is 0 Å². The van der Waals surface area contributed by atoms with Gasteiger partial charge in [0.1, 0.15) is 6.17 Å². The fraction of sp³-hybridized carbons (Fsp3) is 0.105. The van der Waals surface area contributed by atoms with Gasteiger partial charge in [-0.1, -0.05) is 48.6 Å². The Hall–Kier alpha value is -2.81. The molecule has 4 rings (SSSR count). The summed E-state index contributed by atoms with van der Waals surface area (Å²) in [6, 6.07) is 18.6. The third kappa shape index (κ3) is 2.11. The summed E-state index contributed by atoms with van der Waals surface area (Å²) in [7, 11) is 0. The Morgan fingerprint density at radius 1 is 0.909 bits per heavy atom. The number of hydrogen-bond donors (Lipinski definition) is 1. The zero-order chi connectivity index (χ0) is 14.9. The van der Waals surface area contributed by atoms with E-state index >= 15 is 0 Å². The van der Waals surface area contributed by atoms with Crippen molar-refractivity contribution < 1.29 is 0 Å². The molecule has 1 aliphatic heterocycles. The highest BCUT2D eigenvalue weighted by molar-refractivity contribution is 6.06. The lowest BCUT2D eigenvalue weighted by Gasteiger charge is -2.31. The van der Waals surface area contributed by atoms with E-state index in [9.17, 15) is 0 Å². The van der Waals surface area contributed by atoms with Crippen LogP contribution in [0.5, 0.6) is 0 Å². The molecule has 0 fully saturated rings. The summed E-state index contributed by atoms with van der Waals surface area (Å²) in [4.78, 5) is 7.27. The topological polar surface area (TPSA) is 41.6 Å². The number of benzene rings is 2. The first-order valence-electron chi connectivity index (χ1n) is 7.44. The largest absolute Gasteiger partial charge is 0.399 e. The van der Waals surface area contributed by atoms with E-state index in [0.29, 0.717) is 0 Å². The Bertz CT molecular complexity index is 757. The number of anilines is 2. The number of nitrogens with two attached hydrogens (primary N) is 1. The van der Waals surface area contributed by atoms with Crippen LogP contribution < -0.4 is 10.6 Å². The third-order valence-electron chi connectivity index (χ3n) is 4.10. The van der Waals surface area contributed by atoms with Crippen LogP contribution in [-0.4, -0.2) is 11.8 Å². The highest BCUT2D eigenvalue weighted by Gasteiger charge is 2.35. The van der Waals surface area contributed by atoms with E-state index in [2.05, 4.69) is 59.5 Å². The Balaban J connectivity index is 1.80. The molecule has 0 bridgehead atoms. The van der Waals surface area contributed by atoms with Gasteiger partial charge >= 0.3 is 0 Å². The molecule has 3 heteroatoms. The Labute approximate surface area is 130 Å². The zero-order valence-electron chi connectivity index (χ0n) is 12.1. The van der Waals surface area contributed by atoms with Crippen molar-refractivity contribution in [3.8, 4) is 0 Å². The monoisotopic (exact) mass is 287 g/mol. The maximum absolute atomic E-state index is 5.83.